The average molecular weight is 264 g/mol. The van der Waals surface area contributed by atoms with Crippen LogP contribution in [0, 0.1) is 6.42 Å². The Morgan fingerprint density at radius 3 is 2.35 bits per heavy atom. The number of aromatic nitrogens is 1. The first kappa shape index (κ1) is 13.0. The molecule has 101 valence electrons. The fourth-order valence-electron chi connectivity index (χ4n) is 2.83. The van der Waals surface area contributed by atoms with E-state index in [9.17, 15) is 4.79 Å². The Labute approximate surface area is 119 Å². The quantitative estimate of drug-likeness (QED) is 0.768. The zero-order chi connectivity index (χ0) is 13.8. The molecular weight excluding hydrogens is 246 g/mol. The van der Waals surface area contributed by atoms with Gasteiger partial charge >= 0.3 is 0 Å². The predicted molar refractivity (Wildman–Crippen MR) is 80.6 cm³/mol. The summed E-state index contributed by atoms with van der Waals surface area (Å²) in [6.45, 7) is 0. The molecular formula is C18H18NO. The van der Waals surface area contributed by atoms with Gasteiger partial charge in [0, 0.05) is 17.3 Å². The number of aldehydes is 1. The lowest BCUT2D eigenvalue weighted by Crippen LogP contribution is -2.04. The van der Waals surface area contributed by atoms with Gasteiger partial charge in [-0.1, -0.05) is 24.3 Å². The van der Waals surface area contributed by atoms with Gasteiger partial charge in [-0.2, -0.15) is 0 Å². The highest BCUT2D eigenvalue weighted by atomic mass is 16.1. The Balaban J connectivity index is 1.79. The van der Waals surface area contributed by atoms with E-state index in [2.05, 4.69) is 35.7 Å². The van der Waals surface area contributed by atoms with Gasteiger partial charge in [0.05, 0.1) is 5.69 Å². The molecule has 0 N–H and O–H groups in total. The fourth-order valence-corrected chi connectivity index (χ4v) is 2.83. The largest absolute Gasteiger partial charge is 0.298 e. The highest BCUT2D eigenvalue weighted by molar-refractivity contribution is 5.75. The lowest BCUT2D eigenvalue weighted by molar-refractivity contribution is 0.112. The van der Waals surface area contributed by atoms with Gasteiger partial charge in [-0.3, -0.25) is 9.78 Å². The maximum absolute atomic E-state index is 10.6. The van der Waals surface area contributed by atoms with Crippen molar-refractivity contribution in [3.05, 3.63) is 60.1 Å². The van der Waals surface area contributed by atoms with E-state index in [0.29, 0.717) is 11.5 Å². The molecule has 0 spiro atoms. The first-order chi connectivity index (χ1) is 9.86. The number of hydrogen-bond acceptors (Lipinski definition) is 2. The van der Waals surface area contributed by atoms with E-state index in [1.165, 1.54) is 31.2 Å². The third-order valence-electron chi connectivity index (χ3n) is 4.04. The van der Waals surface area contributed by atoms with Crippen molar-refractivity contribution in [3.8, 4) is 11.3 Å². The van der Waals surface area contributed by atoms with Crippen LogP contribution in [0.5, 0.6) is 0 Å². The second kappa shape index (κ2) is 6.00. The van der Waals surface area contributed by atoms with Crippen LogP contribution in [-0.4, -0.2) is 11.3 Å². The Kier molecular flexibility index (Phi) is 3.91. The van der Waals surface area contributed by atoms with Crippen molar-refractivity contribution in [1.82, 2.24) is 4.98 Å². The summed E-state index contributed by atoms with van der Waals surface area (Å²) in [5.41, 5.74) is 4.07. The summed E-state index contributed by atoms with van der Waals surface area (Å²) in [6.07, 6.45) is 9.84. The summed E-state index contributed by atoms with van der Waals surface area (Å²) in [5, 5.41) is 0. The van der Waals surface area contributed by atoms with E-state index < -0.39 is 0 Å². The molecule has 1 aliphatic carbocycles. The average Bonchev–Trinajstić information content (AvgIpc) is 2.56. The lowest BCUT2D eigenvalue weighted by atomic mass is 9.84. The first-order valence-electron chi connectivity index (χ1n) is 7.20. The van der Waals surface area contributed by atoms with Gasteiger partial charge in [0.15, 0.2) is 6.29 Å². The van der Waals surface area contributed by atoms with E-state index in [1.807, 2.05) is 6.07 Å². The number of carbonyl (C=O) groups excluding carboxylic acids is 1. The molecule has 3 rings (SSSR count). The van der Waals surface area contributed by atoms with Crippen molar-refractivity contribution in [1.29, 1.82) is 0 Å². The number of nitrogens with zero attached hydrogens (tertiary/aromatic N) is 1. The van der Waals surface area contributed by atoms with Crippen molar-refractivity contribution in [3.63, 3.8) is 0 Å². The molecule has 2 heteroatoms. The molecule has 0 saturated heterocycles. The van der Waals surface area contributed by atoms with Crippen LogP contribution in [-0.2, 0) is 0 Å². The smallest absolute Gasteiger partial charge is 0.151 e. The molecule has 1 aromatic heterocycles. The van der Waals surface area contributed by atoms with Crippen LogP contribution in [0.15, 0.2) is 42.6 Å². The zero-order valence-corrected chi connectivity index (χ0v) is 11.5. The second-order valence-electron chi connectivity index (χ2n) is 5.36. The van der Waals surface area contributed by atoms with Crippen LogP contribution >= 0.6 is 0 Å². The maximum Gasteiger partial charge on any atom is 0.151 e. The third-order valence-corrected chi connectivity index (χ3v) is 4.04. The molecule has 0 unspecified atom stereocenters. The standard InChI is InChI=1S/C18H18NO/c20-13-14-6-11-18(19-12-14)17-9-7-16(8-10-17)15-4-2-1-3-5-15/h1,6-13,15H,2-5H2. The first-order valence-corrected chi connectivity index (χ1v) is 7.20. The van der Waals surface area contributed by atoms with E-state index >= 15 is 0 Å². The van der Waals surface area contributed by atoms with Crippen LogP contribution in [0.1, 0.15) is 47.5 Å². The highest BCUT2D eigenvalue weighted by Crippen LogP contribution is 2.32. The van der Waals surface area contributed by atoms with Crippen molar-refractivity contribution in [2.45, 2.75) is 31.6 Å². The van der Waals surface area contributed by atoms with Crippen molar-refractivity contribution < 1.29 is 4.79 Å². The molecule has 1 heterocycles. The predicted octanol–water partition coefficient (Wildman–Crippen LogP) is 4.42. The van der Waals surface area contributed by atoms with Gasteiger partial charge in [-0.15, -0.1) is 0 Å². The molecule has 0 bridgehead atoms. The minimum atomic E-state index is 0.615. The summed E-state index contributed by atoms with van der Waals surface area (Å²) >= 11 is 0. The number of hydrogen-bond donors (Lipinski definition) is 0. The summed E-state index contributed by atoms with van der Waals surface area (Å²) in [7, 11) is 0. The molecule has 2 nitrogen and oxygen atoms in total. The van der Waals surface area contributed by atoms with Gasteiger partial charge in [-0.25, -0.2) is 0 Å². The molecule has 1 radical (unpaired) electrons. The van der Waals surface area contributed by atoms with E-state index in [-0.39, 0.29) is 0 Å². The third kappa shape index (κ3) is 2.79. The monoisotopic (exact) mass is 264 g/mol. The summed E-state index contributed by atoms with van der Waals surface area (Å²) in [5.74, 6) is 0.708. The number of rotatable bonds is 3. The summed E-state index contributed by atoms with van der Waals surface area (Å²) < 4.78 is 0. The Morgan fingerprint density at radius 1 is 1.00 bits per heavy atom. The Bertz CT molecular complexity index is 565. The Morgan fingerprint density at radius 2 is 1.75 bits per heavy atom. The zero-order valence-electron chi connectivity index (χ0n) is 11.5. The minimum Gasteiger partial charge on any atom is -0.298 e. The van der Waals surface area contributed by atoms with Crippen LogP contribution in [0.2, 0.25) is 0 Å². The van der Waals surface area contributed by atoms with E-state index in [4.69, 9.17) is 0 Å². The topological polar surface area (TPSA) is 30.0 Å². The van der Waals surface area contributed by atoms with Gasteiger partial charge in [0.2, 0.25) is 0 Å². The van der Waals surface area contributed by atoms with Gasteiger partial charge in [0.25, 0.3) is 0 Å². The fraction of sp³-hybridized carbons (Fsp3) is 0.278. The second-order valence-corrected chi connectivity index (χ2v) is 5.36. The molecule has 1 aliphatic rings. The molecule has 2 aromatic rings. The lowest BCUT2D eigenvalue weighted by Gasteiger charge is -2.21. The number of carbonyl (C=O) groups is 1. The molecule has 20 heavy (non-hydrogen) atoms. The van der Waals surface area contributed by atoms with Crippen molar-refractivity contribution >= 4 is 6.29 Å². The van der Waals surface area contributed by atoms with Gasteiger partial charge < -0.3 is 0 Å². The molecule has 0 amide bonds. The minimum absolute atomic E-state index is 0.615. The van der Waals surface area contributed by atoms with Gasteiger partial charge in [-0.05, 0) is 55.7 Å². The van der Waals surface area contributed by atoms with Crippen LogP contribution in [0.4, 0.5) is 0 Å². The Hall–Kier alpha value is -1.96. The van der Waals surface area contributed by atoms with E-state index in [1.54, 1.807) is 12.3 Å². The normalized spacial score (nSPS) is 16.0. The summed E-state index contributed by atoms with van der Waals surface area (Å²) in [6, 6.07) is 12.4. The number of benzene rings is 1. The van der Waals surface area contributed by atoms with Crippen LogP contribution < -0.4 is 0 Å². The molecule has 0 aliphatic heterocycles. The maximum atomic E-state index is 10.6. The highest BCUT2D eigenvalue weighted by Gasteiger charge is 2.15. The van der Waals surface area contributed by atoms with Crippen LogP contribution in [0.25, 0.3) is 11.3 Å². The van der Waals surface area contributed by atoms with E-state index in [0.717, 1.165) is 17.5 Å². The van der Waals surface area contributed by atoms with Crippen molar-refractivity contribution in [2.24, 2.45) is 0 Å². The molecule has 1 aromatic carbocycles. The number of pyridine rings is 1. The molecule has 1 saturated carbocycles. The van der Waals surface area contributed by atoms with Crippen molar-refractivity contribution in [2.75, 3.05) is 0 Å². The molecule has 0 atom stereocenters. The molecule has 1 fully saturated rings. The summed E-state index contributed by atoms with van der Waals surface area (Å²) in [4.78, 5) is 15.0. The SMILES string of the molecule is O=Cc1ccc(-c2ccc(C3CC[CH]CC3)cc2)nc1. The van der Waals surface area contributed by atoms with Crippen LogP contribution in [0.3, 0.4) is 0 Å². The van der Waals surface area contributed by atoms with Gasteiger partial charge in [0.1, 0.15) is 0 Å².